The highest BCUT2D eigenvalue weighted by Gasteiger charge is 2.19. The number of pyridine rings is 1. The Labute approximate surface area is 107 Å². The molecule has 0 saturated heterocycles. The van der Waals surface area contributed by atoms with Crippen LogP contribution in [0, 0.1) is 17.8 Å². The Kier molecular flexibility index (Phi) is 4.28. The van der Waals surface area contributed by atoms with Gasteiger partial charge in [-0.2, -0.15) is 4.39 Å². The molecule has 3 nitrogen and oxygen atoms in total. The van der Waals surface area contributed by atoms with Gasteiger partial charge < -0.3 is 5.32 Å². The van der Waals surface area contributed by atoms with Crippen molar-refractivity contribution in [2.24, 2.45) is 11.8 Å². The number of hydrogen-bond acceptors (Lipinski definition) is 2. The van der Waals surface area contributed by atoms with E-state index in [0.717, 1.165) is 12.3 Å². The maximum absolute atomic E-state index is 12.9. The third-order valence-electron chi connectivity index (χ3n) is 3.54. The maximum Gasteiger partial charge on any atom is 0.270 e. The SMILES string of the molecule is CC1CCCC(CNC(=O)c2cccc(F)n2)C1. The van der Waals surface area contributed by atoms with E-state index in [-0.39, 0.29) is 11.6 Å². The van der Waals surface area contributed by atoms with Crippen LogP contribution in [0.2, 0.25) is 0 Å². The van der Waals surface area contributed by atoms with Crippen LogP contribution in [0.15, 0.2) is 18.2 Å². The second-order valence-electron chi connectivity index (χ2n) is 5.19. The van der Waals surface area contributed by atoms with Crippen LogP contribution in [0.5, 0.6) is 0 Å². The van der Waals surface area contributed by atoms with Gasteiger partial charge in [0.25, 0.3) is 5.91 Å². The molecule has 0 aliphatic heterocycles. The van der Waals surface area contributed by atoms with Gasteiger partial charge in [0.1, 0.15) is 5.69 Å². The molecular weight excluding hydrogens is 231 g/mol. The monoisotopic (exact) mass is 250 g/mol. The van der Waals surface area contributed by atoms with E-state index in [1.807, 2.05) is 0 Å². The van der Waals surface area contributed by atoms with E-state index in [9.17, 15) is 9.18 Å². The molecule has 2 atom stereocenters. The Bertz CT molecular complexity index is 422. The molecule has 2 unspecified atom stereocenters. The molecule has 18 heavy (non-hydrogen) atoms. The number of nitrogens with zero attached hydrogens (tertiary/aromatic N) is 1. The average Bonchev–Trinajstić information content (AvgIpc) is 2.36. The first-order chi connectivity index (χ1) is 8.65. The van der Waals surface area contributed by atoms with Gasteiger partial charge in [-0.1, -0.05) is 25.8 Å². The molecule has 1 aromatic rings. The Hall–Kier alpha value is -1.45. The molecule has 2 rings (SSSR count). The van der Waals surface area contributed by atoms with Crippen molar-refractivity contribution in [3.05, 3.63) is 29.8 Å². The molecule has 1 aliphatic rings. The molecule has 1 N–H and O–H groups in total. The van der Waals surface area contributed by atoms with Gasteiger partial charge >= 0.3 is 0 Å². The van der Waals surface area contributed by atoms with Crippen molar-refractivity contribution in [3.8, 4) is 0 Å². The lowest BCUT2D eigenvalue weighted by Gasteiger charge is -2.26. The average molecular weight is 250 g/mol. The highest BCUT2D eigenvalue weighted by atomic mass is 19.1. The van der Waals surface area contributed by atoms with E-state index in [4.69, 9.17) is 0 Å². The molecule has 1 aromatic heterocycles. The van der Waals surface area contributed by atoms with Crippen molar-refractivity contribution in [1.29, 1.82) is 0 Å². The van der Waals surface area contributed by atoms with Crippen molar-refractivity contribution in [2.75, 3.05) is 6.54 Å². The maximum atomic E-state index is 12.9. The molecule has 1 fully saturated rings. The Morgan fingerprint density at radius 3 is 3.06 bits per heavy atom. The zero-order valence-electron chi connectivity index (χ0n) is 10.7. The third-order valence-corrected chi connectivity index (χ3v) is 3.54. The minimum atomic E-state index is -0.617. The van der Waals surface area contributed by atoms with Crippen molar-refractivity contribution < 1.29 is 9.18 Å². The molecule has 1 aliphatic carbocycles. The minimum absolute atomic E-state index is 0.152. The van der Waals surface area contributed by atoms with Crippen molar-refractivity contribution in [1.82, 2.24) is 10.3 Å². The summed E-state index contributed by atoms with van der Waals surface area (Å²) in [6.07, 6.45) is 4.86. The summed E-state index contributed by atoms with van der Waals surface area (Å²) in [5, 5.41) is 2.85. The van der Waals surface area contributed by atoms with Crippen LogP contribution in [0.3, 0.4) is 0 Å². The van der Waals surface area contributed by atoms with Crippen LogP contribution in [0.4, 0.5) is 4.39 Å². The third kappa shape index (κ3) is 3.52. The molecule has 1 saturated carbocycles. The summed E-state index contributed by atoms with van der Waals surface area (Å²) in [4.78, 5) is 15.4. The van der Waals surface area contributed by atoms with Gasteiger partial charge in [-0.15, -0.1) is 0 Å². The highest BCUT2D eigenvalue weighted by Crippen LogP contribution is 2.27. The van der Waals surface area contributed by atoms with E-state index in [0.29, 0.717) is 12.5 Å². The normalized spacial score (nSPS) is 23.7. The fraction of sp³-hybridized carbons (Fsp3) is 0.571. The Morgan fingerprint density at radius 2 is 2.33 bits per heavy atom. The standard InChI is InChI=1S/C14H19FN2O/c1-10-4-2-5-11(8-10)9-16-14(18)12-6-3-7-13(15)17-12/h3,6-7,10-11H,2,4-5,8-9H2,1H3,(H,16,18). The molecule has 4 heteroatoms. The number of amides is 1. The summed E-state index contributed by atoms with van der Waals surface area (Å²) in [6.45, 7) is 2.92. The van der Waals surface area contributed by atoms with Gasteiger partial charge in [-0.25, -0.2) is 4.98 Å². The molecule has 0 bridgehead atoms. The summed E-state index contributed by atoms with van der Waals surface area (Å²) in [5.74, 6) is 0.390. The van der Waals surface area contributed by atoms with Crippen molar-refractivity contribution >= 4 is 5.91 Å². The van der Waals surface area contributed by atoms with Crippen LogP contribution in [-0.4, -0.2) is 17.4 Å². The first-order valence-corrected chi connectivity index (χ1v) is 6.56. The minimum Gasteiger partial charge on any atom is -0.350 e. The van der Waals surface area contributed by atoms with E-state index in [2.05, 4.69) is 17.2 Å². The second-order valence-corrected chi connectivity index (χ2v) is 5.19. The summed E-state index contributed by atoms with van der Waals surface area (Å²) >= 11 is 0. The first-order valence-electron chi connectivity index (χ1n) is 6.56. The van der Waals surface area contributed by atoms with E-state index >= 15 is 0 Å². The highest BCUT2D eigenvalue weighted by molar-refractivity contribution is 5.92. The number of nitrogens with one attached hydrogen (secondary N) is 1. The second kappa shape index (κ2) is 5.94. The number of rotatable bonds is 3. The van der Waals surface area contributed by atoms with E-state index in [1.54, 1.807) is 0 Å². The number of aromatic nitrogens is 1. The Morgan fingerprint density at radius 1 is 1.50 bits per heavy atom. The van der Waals surface area contributed by atoms with Crippen LogP contribution < -0.4 is 5.32 Å². The number of halogens is 1. The zero-order valence-corrected chi connectivity index (χ0v) is 10.7. The van der Waals surface area contributed by atoms with Gasteiger partial charge in [0.15, 0.2) is 0 Å². The van der Waals surface area contributed by atoms with Crippen molar-refractivity contribution in [3.63, 3.8) is 0 Å². The van der Waals surface area contributed by atoms with Gasteiger partial charge in [-0.3, -0.25) is 4.79 Å². The summed E-state index contributed by atoms with van der Waals surface area (Å²) < 4.78 is 12.9. The molecule has 0 aromatic carbocycles. The van der Waals surface area contributed by atoms with Crippen molar-refractivity contribution in [2.45, 2.75) is 32.6 Å². The van der Waals surface area contributed by atoms with E-state index in [1.165, 1.54) is 37.5 Å². The number of hydrogen-bond donors (Lipinski definition) is 1. The summed E-state index contributed by atoms with van der Waals surface area (Å²) in [5.41, 5.74) is 0.152. The van der Waals surface area contributed by atoms with Gasteiger partial charge in [0.05, 0.1) is 0 Å². The number of carbonyl (C=O) groups excluding carboxylic acids is 1. The molecule has 0 spiro atoms. The Balaban J connectivity index is 1.84. The quantitative estimate of drug-likeness (QED) is 0.838. The first kappa shape index (κ1) is 13.0. The fourth-order valence-electron chi connectivity index (χ4n) is 2.61. The predicted octanol–water partition coefficient (Wildman–Crippen LogP) is 2.78. The molecule has 0 radical (unpaired) electrons. The lowest BCUT2D eigenvalue weighted by atomic mass is 9.82. The lowest BCUT2D eigenvalue weighted by Crippen LogP contribution is -2.32. The lowest BCUT2D eigenvalue weighted by molar-refractivity contribution is 0.0934. The molecular formula is C14H19FN2O. The summed E-state index contributed by atoms with van der Waals surface area (Å²) in [7, 11) is 0. The fourth-order valence-corrected chi connectivity index (χ4v) is 2.61. The van der Waals surface area contributed by atoms with Crippen LogP contribution >= 0.6 is 0 Å². The molecule has 1 amide bonds. The van der Waals surface area contributed by atoms with Crippen LogP contribution in [0.1, 0.15) is 43.1 Å². The zero-order chi connectivity index (χ0) is 13.0. The van der Waals surface area contributed by atoms with Crippen LogP contribution in [-0.2, 0) is 0 Å². The largest absolute Gasteiger partial charge is 0.350 e. The van der Waals surface area contributed by atoms with E-state index < -0.39 is 5.95 Å². The topological polar surface area (TPSA) is 42.0 Å². The van der Waals surface area contributed by atoms with Crippen LogP contribution in [0.25, 0.3) is 0 Å². The van der Waals surface area contributed by atoms with Gasteiger partial charge in [0, 0.05) is 6.54 Å². The van der Waals surface area contributed by atoms with Gasteiger partial charge in [-0.05, 0) is 36.8 Å². The van der Waals surface area contributed by atoms with Gasteiger partial charge in [0.2, 0.25) is 5.95 Å². The summed E-state index contributed by atoms with van der Waals surface area (Å²) in [6, 6.07) is 4.27. The number of carbonyl (C=O) groups is 1. The molecule has 1 heterocycles. The predicted molar refractivity (Wildman–Crippen MR) is 67.7 cm³/mol. The smallest absolute Gasteiger partial charge is 0.270 e. The molecule has 98 valence electrons.